The van der Waals surface area contributed by atoms with Crippen LogP contribution in [0.5, 0.6) is 0 Å². The maximum Gasteiger partial charge on any atom is 0.407 e. The first-order valence-corrected chi connectivity index (χ1v) is 9.20. The molecule has 1 saturated carbocycles. The molecule has 0 unspecified atom stereocenters. The minimum absolute atomic E-state index is 0.308. The molecule has 1 fully saturated rings. The Morgan fingerprint density at radius 1 is 1.12 bits per heavy atom. The molecule has 0 saturated heterocycles. The van der Waals surface area contributed by atoms with E-state index < -0.39 is 11.7 Å². The highest BCUT2D eigenvalue weighted by Gasteiger charge is 2.33. The molecule has 1 aliphatic rings. The predicted molar refractivity (Wildman–Crippen MR) is 101 cm³/mol. The molecular weight excluding hydrogens is 320 g/mol. The first kappa shape index (κ1) is 21.5. The van der Waals surface area contributed by atoms with Gasteiger partial charge in [-0.3, -0.25) is 4.99 Å². The summed E-state index contributed by atoms with van der Waals surface area (Å²) in [5.41, 5.74) is -0.171. The normalized spacial score (nSPS) is 17.2. The van der Waals surface area contributed by atoms with Crippen LogP contribution >= 0.6 is 0 Å². The minimum Gasteiger partial charge on any atom is -0.444 e. The molecule has 0 spiro atoms. The zero-order chi connectivity index (χ0) is 18.8. The van der Waals surface area contributed by atoms with E-state index in [1.807, 2.05) is 20.8 Å². The van der Waals surface area contributed by atoms with Gasteiger partial charge in [0.1, 0.15) is 5.60 Å². The highest BCUT2D eigenvalue weighted by molar-refractivity contribution is 5.79. The molecule has 0 bridgehead atoms. The summed E-state index contributed by atoms with van der Waals surface area (Å²) in [6.07, 6.45) is 5.73. The Bertz CT molecular complexity index is 427. The van der Waals surface area contributed by atoms with Gasteiger partial charge < -0.3 is 25.4 Å². The van der Waals surface area contributed by atoms with Gasteiger partial charge in [0.2, 0.25) is 0 Å². The number of hydrogen-bond donors (Lipinski definition) is 3. The second-order valence-corrected chi connectivity index (χ2v) is 7.73. The van der Waals surface area contributed by atoms with Gasteiger partial charge in [0.05, 0.1) is 0 Å². The molecule has 0 aliphatic heterocycles. The Kier molecular flexibility index (Phi) is 9.03. The van der Waals surface area contributed by atoms with Crippen LogP contribution < -0.4 is 16.0 Å². The number of hydrogen-bond acceptors (Lipinski definition) is 4. The molecule has 0 aromatic carbocycles. The number of nitrogens with one attached hydrogen (secondary N) is 3. The highest BCUT2D eigenvalue weighted by Crippen LogP contribution is 2.40. The van der Waals surface area contributed by atoms with Crippen LogP contribution in [0.3, 0.4) is 0 Å². The van der Waals surface area contributed by atoms with Gasteiger partial charge in [-0.1, -0.05) is 12.8 Å². The number of nitrogens with zero attached hydrogens (tertiary/aromatic N) is 1. The Morgan fingerprint density at radius 2 is 1.76 bits per heavy atom. The maximum atomic E-state index is 11.6. The van der Waals surface area contributed by atoms with E-state index in [1.165, 1.54) is 25.7 Å². The van der Waals surface area contributed by atoms with Gasteiger partial charge in [-0.25, -0.2) is 4.79 Å². The second kappa shape index (κ2) is 10.5. The summed E-state index contributed by atoms with van der Waals surface area (Å²) >= 11 is 0. The summed E-state index contributed by atoms with van der Waals surface area (Å²) in [6.45, 7) is 8.30. The number of methoxy groups -OCH3 is 1. The number of carbonyl (C=O) groups is 1. The number of ether oxygens (including phenoxy) is 2. The van der Waals surface area contributed by atoms with E-state index in [1.54, 1.807) is 14.2 Å². The molecule has 0 heterocycles. The van der Waals surface area contributed by atoms with Gasteiger partial charge in [-0.05, 0) is 45.4 Å². The van der Waals surface area contributed by atoms with Crippen molar-refractivity contribution in [2.24, 2.45) is 10.4 Å². The fourth-order valence-electron chi connectivity index (χ4n) is 3.11. The number of aliphatic imine (C=N–C) groups is 1. The SMILES string of the molecule is CN=C(NCCNC(=O)OC(C)(C)C)NCC1(CCOC)CCCC1. The van der Waals surface area contributed by atoms with E-state index >= 15 is 0 Å². The van der Waals surface area contributed by atoms with Crippen molar-refractivity contribution in [3.8, 4) is 0 Å². The van der Waals surface area contributed by atoms with Crippen molar-refractivity contribution in [3.05, 3.63) is 0 Å². The lowest BCUT2D eigenvalue weighted by Gasteiger charge is -2.30. The Hall–Kier alpha value is -1.50. The molecular formula is C18H36N4O3. The molecule has 7 nitrogen and oxygen atoms in total. The second-order valence-electron chi connectivity index (χ2n) is 7.73. The van der Waals surface area contributed by atoms with Crippen molar-refractivity contribution in [2.75, 3.05) is 40.4 Å². The van der Waals surface area contributed by atoms with Gasteiger partial charge in [0.15, 0.2) is 5.96 Å². The molecule has 7 heteroatoms. The van der Waals surface area contributed by atoms with E-state index in [9.17, 15) is 4.79 Å². The molecule has 1 aliphatic carbocycles. The van der Waals surface area contributed by atoms with E-state index in [4.69, 9.17) is 9.47 Å². The van der Waals surface area contributed by atoms with Crippen molar-refractivity contribution >= 4 is 12.1 Å². The van der Waals surface area contributed by atoms with Crippen LogP contribution in [0.1, 0.15) is 52.9 Å². The third-order valence-corrected chi connectivity index (χ3v) is 4.44. The molecule has 0 aromatic heterocycles. The van der Waals surface area contributed by atoms with Gasteiger partial charge in [-0.15, -0.1) is 0 Å². The van der Waals surface area contributed by atoms with Gasteiger partial charge in [0.25, 0.3) is 0 Å². The molecule has 25 heavy (non-hydrogen) atoms. The summed E-state index contributed by atoms with van der Waals surface area (Å²) in [5, 5.41) is 9.38. The summed E-state index contributed by atoms with van der Waals surface area (Å²) < 4.78 is 10.5. The average Bonchev–Trinajstić information content (AvgIpc) is 3.00. The van der Waals surface area contributed by atoms with Crippen molar-refractivity contribution in [1.29, 1.82) is 0 Å². The Labute approximate surface area is 152 Å². The summed E-state index contributed by atoms with van der Waals surface area (Å²) in [4.78, 5) is 15.9. The first-order valence-electron chi connectivity index (χ1n) is 9.20. The highest BCUT2D eigenvalue weighted by atomic mass is 16.6. The van der Waals surface area contributed by atoms with Gasteiger partial charge in [0, 0.05) is 40.4 Å². The Morgan fingerprint density at radius 3 is 2.32 bits per heavy atom. The van der Waals surface area contributed by atoms with E-state index in [2.05, 4.69) is 20.9 Å². The lowest BCUT2D eigenvalue weighted by molar-refractivity contribution is 0.0529. The van der Waals surface area contributed by atoms with Crippen molar-refractivity contribution in [3.63, 3.8) is 0 Å². The average molecular weight is 357 g/mol. The maximum absolute atomic E-state index is 11.6. The summed E-state index contributed by atoms with van der Waals surface area (Å²) in [7, 11) is 3.52. The van der Waals surface area contributed by atoms with Crippen LogP contribution in [-0.4, -0.2) is 58.1 Å². The number of rotatable bonds is 8. The van der Waals surface area contributed by atoms with Crippen molar-refractivity contribution in [1.82, 2.24) is 16.0 Å². The zero-order valence-corrected chi connectivity index (χ0v) is 16.5. The summed E-state index contributed by atoms with van der Waals surface area (Å²) in [5.74, 6) is 0.759. The number of alkyl carbamates (subject to hydrolysis) is 1. The summed E-state index contributed by atoms with van der Waals surface area (Å²) in [6, 6.07) is 0. The zero-order valence-electron chi connectivity index (χ0n) is 16.5. The van der Waals surface area contributed by atoms with Gasteiger partial charge in [-0.2, -0.15) is 0 Å². The van der Waals surface area contributed by atoms with Crippen molar-refractivity contribution < 1.29 is 14.3 Å². The first-order chi connectivity index (χ1) is 11.8. The molecule has 1 rings (SSSR count). The van der Waals surface area contributed by atoms with Crippen LogP contribution in [-0.2, 0) is 9.47 Å². The number of amides is 1. The number of guanidine groups is 1. The molecule has 0 aromatic rings. The lowest BCUT2D eigenvalue weighted by atomic mass is 9.83. The van der Waals surface area contributed by atoms with Crippen molar-refractivity contribution in [2.45, 2.75) is 58.5 Å². The number of carbonyl (C=O) groups excluding carboxylic acids is 1. The van der Waals surface area contributed by atoms with Crippen LogP contribution in [0, 0.1) is 5.41 Å². The standard InChI is InChI=1S/C18H36N4O3/c1-17(2,3)25-16(23)21-12-11-20-15(19-4)22-14-18(10-13-24-5)8-6-7-9-18/h6-14H2,1-5H3,(H,21,23)(H2,19,20,22). The van der Waals surface area contributed by atoms with E-state index in [-0.39, 0.29) is 0 Å². The van der Waals surface area contributed by atoms with Crippen LogP contribution in [0.4, 0.5) is 4.79 Å². The third kappa shape index (κ3) is 8.95. The van der Waals surface area contributed by atoms with Crippen LogP contribution in [0.25, 0.3) is 0 Å². The minimum atomic E-state index is -0.479. The topological polar surface area (TPSA) is 84.0 Å². The quantitative estimate of drug-likeness (QED) is 0.353. The molecule has 3 N–H and O–H groups in total. The van der Waals surface area contributed by atoms with Crippen LogP contribution in [0.15, 0.2) is 4.99 Å². The smallest absolute Gasteiger partial charge is 0.407 e. The van der Waals surface area contributed by atoms with Crippen LogP contribution in [0.2, 0.25) is 0 Å². The lowest BCUT2D eigenvalue weighted by Crippen LogP contribution is -2.45. The van der Waals surface area contributed by atoms with E-state index in [0.717, 1.165) is 25.5 Å². The monoisotopic (exact) mass is 356 g/mol. The van der Waals surface area contributed by atoms with E-state index in [0.29, 0.717) is 18.5 Å². The van der Waals surface area contributed by atoms with Gasteiger partial charge >= 0.3 is 6.09 Å². The fraction of sp³-hybridized carbons (Fsp3) is 0.889. The largest absolute Gasteiger partial charge is 0.444 e. The molecule has 1 amide bonds. The molecule has 0 atom stereocenters. The Balaban J connectivity index is 2.29. The third-order valence-electron chi connectivity index (χ3n) is 4.44. The molecule has 0 radical (unpaired) electrons. The molecule has 146 valence electrons. The fourth-order valence-corrected chi connectivity index (χ4v) is 3.11. The predicted octanol–water partition coefficient (Wildman–Crippen LogP) is 2.27.